The summed E-state index contributed by atoms with van der Waals surface area (Å²) in [7, 11) is -8.01. The minimum absolute atomic E-state index is 0.100. The van der Waals surface area contributed by atoms with Crippen LogP contribution < -0.4 is 14.3 Å². The zero-order valence-electron chi connectivity index (χ0n) is 17.7. The van der Waals surface area contributed by atoms with Crippen LogP contribution in [0, 0.1) is 0 Å². The van der Waals surface area contributed by atoms with Crippen LogP contribution in [-0.4, -0.2) is 28.6 Å². The first kappa shape index (κ1) is 25.0. The number of carbonyl (C=O) groups is 2. The summed E-state index contributed by atoms with van der Waals surface area (Å²) in [5, 5.41) is 0.512. The van der Waals surface area contributed by atoms with Gasteiger partial charge in [0.15, 0.2) is 0 Å². The van der Waals surface area contributed by atoms with Crippen LogP contribution in [0.15, 0.2) is 76.5 Å². The monoisotopic (exact) mass is 553 g/mol. The minimum Gasteiger partial charge on any atom is -0.280 e. The predicted molar refractivity (Wildman–Crippen MR) is 133 cm³/mol. The third-order valence-corrected chi connectivity index (χ3v) is 8.22. The number of nitrogens with zero attached hydrogens (tertiary/aromatic N) is 1. The lowest BCUT2D eigenvalue weighted by Crippen LogP contribution is -2.28. The Kier molecular flexibility index (Phi) is 6.78. The Balaban J connectivity index is 1.48. The molecule has 4 rings (SSSR count). The number of benzene rings is 3. The fourth-order valence-electron chi connectivity index (χ4n) is 3.38. The second-order valence-corrected chi connectivity index (χ2v) is 11.7. The number of nitrogens with one attached hydrogen (secondary N) is 2. The summed E-state index contributed by atoms with van der Waals surface area (Å²) in [5.74, 6) is -0.682. The number of rotatable bonds is 7. The van der Waals surface area contributed by atoms with Crippen molar-refractivity contribution in [1.82, 2.24) is 0 Å². The van der Waals surface area contributed by atoms with Gasteiger partial charge in [-0.2, -0.15) is 0 Å². The Hall–Kier alpha value is -3.12. The smallest absolute Gasteiger partial charge is 0.261 e. The number of amides is 2. The lowest BCUT2D eigenvalue weighted by molar-refractivity contribution is -0.121. The van der Waals surface area contributed by atoms with E-state index in [1.165, 1.54) is 66.7 Å². The first-order valence-corrected chi connectivity index (χ1v) is 13.7. The molecule has 3 aromatic rings. The molecule has 35 heavy (non-hydrogen) atoms. The molecule has 1 aliphatic rings. The van der Waals surface area contributed by atoms with E-state index < -0.39 is 20.0 Å². The SMILES string of the molecule is O=C1CCC(=O)N1c1ccc(S(=O)(=O)Nc2ccc(S(=O)(=O)Nc3cc(Cl)cc(Cl)c3)cc2)cc1. The third kappa shape index (κ3) is 5.59. The van der Waals surface area contributed by atoms with Gasteiger partial charge < -0.3 is 0 Å². The standard InChI is InChI=1S/C22H17Cl2N3O6S2/c23-14-11-15(24)13-17(12-14)26-35(32,33)19-5-1-16(2-6-19)25-34(30,31)20-7-3-18(4-8-20)27-21(28)9-10-22(27)29/h1-8,11-13,25-26H,9-10H2. The minimum atomic E-state index is -4.02. The molecule has 1 saturated heterocycles. The lowest BCUT2D eigenvalue weighted by atomic mass is 10.3. The molecular weight excluding hydrogens is 537 g/mol. The summed E-state index contributed by atoms with van der Waals surface area (Å²) < 4.78 is 55.5. The molecule has 0 aliphatic carbocycles. The van der Waals surface area contributed by atoms with Crippen LogP contribution in [0.1, 0.15) is 12.8 Å². The van der Waals surface area contributed by atoms with Gasteiger partial charge in [0, 0.05) is 28.6 Å². The molecule has 0 unspecified atom stereocenters. The van der Waals surface area contributed by atoms with Crippen molar-refractivity contribution in [2.24, 2.45) is 0 Å². The molecule has 1 fully saturated rings. The molecule has 0 aromatic heterocycles. The molecule has 0 saturated carbocycles. The zero-order chi connectivity index (χ0) is 25.4. The number of imide groups is 1. The normalized spacial score (nSPS) is 14.3. The average Bonchev–Trinajstić information content (AvgIpc) is 3.11. The van der Waals surface area contributed by atoms with Gasteiger partial charge in [0.05, 0.1) is 21.2 Å². The summed E-state index contributed by atoms with van der Waals surface area (Å²) in [6.45, 7) is 0. The van der Waals surface area contributed by atoms with Crippen molar-refractivity contribution in [3.8, 4) is 0 Å². The second-order valence-electron chi connectivity index (χ2n) is 7.51. The van der Waals surface area contributed by atoms with Gasteiger partial charge in [-0.3, -0.25) is 23.9 Å². The van der Waals surface area contributed by atoms with Crippen LogP contribution in [-0.2, 0) is 29.6 Å². The molecule has 13 heteroatoms. The van der Waals surface area contributed by atoms with E-state index in [1.54, 1.807) is 0 Å². The van der Waals surface area contributed by atoms with E-state index in [2.05, 4.69) is 9.44 Å². The van der Waals surface area contributed by atoms with E-state index >= 15 is 0 Å². The number of hydrogen-bond acceptors (Lipinski definition) is 6. The van der Waals surface area contributed by atoms with Gasteiger partial charge in [0.25, 0.3) is 20.0 Å². The van der Waals surface area contributed by atoms with E-state index in [-0.39, 0.29) is 55.9 Å². The highest BCUT2D eigenvalue weighted by molar-refractivity contribution is 7.93. The number of anilines is 3. The number of hydrogen-bond donors (Lipinski definition) is 2. The first-order chi connectivity index (χ1) is 16.4. The van der Waals surface area contributed by atoms with E-state index in [1.807, 2.05) is 0 Å². The van der Waals surface area contributed by atoms with Crippen molar-refractivity contribution < 1.29 is 26.4 Å². The van der Waals surface area contributed by atoms with Gasteiger partial charge in [-0.15, -0.1) is 0 Å². The highest BCUT2D eigenvalue weighted by atomic mass is 35.5. The molecule has 9 nitrogen and oxygen atoms in total. The topological polar surface area (TPSA) is 130 Å². The zero-order valence-corrected chi connectivity index (χ0v) is 20.9. The predicted octanol–water partition coefficient (Wildman–Crippen LogP) is 4.25. The molecule has 1 heterocycles. The van der Waals surface area contributed by atoms with E-state index in [0.29, 0.717) is 5.69 Å². The number of carbonyl (C=O) groups excluding carboxylic acids is 2. The molecule has 1 aliphatic heterocycles. The van der Waals surface area contributed by atoms with Crippen molar-refractivity contribution in [3.05, 3.63) is 76.8 Å². The lowest BCUT2D eigenvalue weighted by Gasteiger charge is -2.15. The Morgan fingerprint density at radius 2 is 1.06 bits per heavy atom. The van der Waals surface area contributed by atoms with Crippen molar-refractivity contribution in [1.29, 1.82) is 0 Å². The Morgan fingerprint density at radius 3 is 1.54 bits per heavy atom. The maximum atomic E-state index is 12.7. The van der Waals surface area contributed by atoms with Gasteiger partial charge in [-0.1, -0.05) is 23.2 Å². The van der Waals surface area contributed by atoms with Crippen LogP contribution in [0.25, 0.3) is 0 Å². The summed E-state index contributed by atoms with van der Waals surface area (Å²) in [4.78, 5) is 24.5. The van der Waals surface area contributed by atoms with Gasteiger partial charge in [0.1, 0.15) is 0 Å². The van der Waals surface area contributed by atoms with Crippen LogP contribution in [0.5, 0.6) is 0 Å². The summed E-state index contributed by atoms with van der Waals surface area (Å²) in [6.07, 6.45) is 0.239. The van der Waals surface area contributed by atoms with Crippen molar-refractivity contribution in [2.75, 3.05) is 14.3 Å². The van der Waals surface area contributed by atoms with Crippen LogP contribution >= 0.6 is 23.2 Å². The molecule has 2 amide bonds. The van der Waals surface area contributed by atoms with Crippen LogP contribution in [0.3, 0.4) is 0 Å². The van der Waals surface area contributed by atoms with Crippen LogP contribution in [0.4, 0.5) is 17.1 Å². The van der Waals surface area contributed by atoms with E-state index in [4.69, 9.17) is 23.2 Å². The molecule has 0 atom stereocenters. The van der Waals surface area contributed by atoms with Crippen molar-refractivity contribution in [2.45, 2.75) is 22.6 Å². The van der Waals surface area contributed by atoms with E-state index in [0.717, 1.165) is 4.90 Å². The molecule has 182 valence electrons. The summed E-state index contributed by atoms with van der Waals surface area (Å²) in [6, 6.07) is 14.6. The van der Waals surface area contributed by atoms with Gasteiger partial charge >= 0.3 is 0 Å². The molecule has 0 radical (unpaired) electrons. The fourth-order valence-corrected chi connectivity index (χ4v) is 6.01. The molecule has 2 N–H and O–H groups in total. The quantitative estimate of drug-likeness (QED) is 0.420. The third-order valence-electron chi connectivity index (χ3n) is 4.99. The Morgan fingerprint density at radius 1 is 0.629 bits per heavy atom. The van der Waals surface area contributed by atoms with Crippen molar-refractivity contribution >= 4 is 72.1 Å². The first-order valence-electron chi connectivity index (χ1n) is 10.0. The van der Waals surface area contributed by atoms with Gasteiger partial charge in [-0.25, -0.2) is 16.8 Å². The second kappa shape index (κ2) is 9.50. The highest BCUT2D eigenvalue weighted by Crippen LogP contribution is 2.27. The maximum Gasteiger partial charge on any atom is 0.261 e. The number of sulfonamides is 2. The molecular formula is C22H17Cl2N3O6S2. The molecule has 0 bridgehead atoms. The summed E-state index contributed by atoms with van der Waals surface area (Å²) in [5.41, 5.74) is 0.594. The molecule has 0 spiro atoms. The maximum absolute atomic E-state index is 12.7. The van der Waals surface area contributed by atoms with Crippen molar-refractivity contribution in [3.63, 3.8) is 0 Å². The number of halogens is 2. The van der Waals surface area contributed by atoms with Gasteiger partial charge in [0.2, 0.25) is 11.8 Å². The Bertz CT molecular complexity index is 1490. The largest absolute Gasteiger partial charge is 0.280 e. The Labute approximate surface area is 211 Å². The highest BCUT2D eigenvalue weighted by Gasteiger charge is 2.30. The van der Waals surface area contributed by atoms with Crippen LogP contribution in [0.2, 0.25) is 10.0 Å². The fraction of sp³-hybridized carbons (Fsp3) is 0.0909. The van der Waals surface area contributed by atoms with E-state index in [9.17, 15) is 26.4 Å². The average molecular weight is 554 g/mol. The summed E-state index contributed by atoms with van der Waals surface area (Å²) >= 11 is 11.8. The van der Waals surface area contributed by atoms with Gasteiger partial charge in [-0.05, 0) is 66.7 Å². The molecule has 3 aromatic carbocycles.